The van der Waals surface area contributed by atoms with Gasteiger partial charge in [-0.15, -0.1) is 0 Å². The van der Waals surface area contributed by atoms with Crippen LogP contribution in [0.1, 0.15) is 58.4 Å². The minimum atomic E-state index is -0.460. The first-order valence-electron chi connectivity index (χ1n) is 7.77. The van der Waals surface area contributed by atoms with Gasteiger partial charge in [-0.2, -0.15) is 0 Å². The molecule has 0 fully saturated rings. The molecular weight excluding hydrogens is 258 g/mol. The Labute approximate surface area is 126 Å². The van der Waals surface area contributed by atoms with Crippen molar-refractivity contribution in [2.24, 2.45) is 0 Å². The van der Waals surface area contributed by atoms with Crippen molar-refractivity contribution in [2.45, 2.75) is 52.1 Å². The molecule has 1 N–H and O–H groups in total. The number of benzene rings is 1. The first kappa shape index (κ1) is 14.3. The van der Waals surface area contributed by atoms with Crippen molar-refractivity contribution in [3.05, 3.63) is 64.0 Å². The van der Waals surface area contributed by atoms with Crippen molar-refractivity contribution in [1.29, 1.82) is 0 Å². The number of pyridine rings is 1. The number of hydrogen-bond donors (Lipinski definition) is 1. The van der Waals surface area contributed by atoms with Gasteiger partial charge in [-0.3, -0.25) is 4.98 Å². The van der Waals surface area contributed by atoms with E-state index in [9.17, 15) is 5.11 Å². The molecule has 0 saturated heterocycles. The molecule has 2 aromatic rings. The molecule has 0 bridgehead atoms. The maximum Gasteiger partial charge on any atom is 0.0876 e. The second kappa shape index (κ2) is 5.61. The van der Waals surface area contributed by atoms with Gasteiger partial charge >= 0.3 is 0 Å². The molecule has 2 unspecified atom stereocenters. The van der Waals surface area contributed by atoms with Gasteiger partial charge in [0.1, 0.15) is 0 Å². The Hall–Kier alpha value is -1.67. The maximum absolute atomic E-state index is 10.9. The number of aryl methyl sites for hydroxylation is 4. The van der Waals surface area contributed by atoms with Gasteiger partial charge in [-0.1, -0.05) is 18.2 Å². The average Bonchev–Trinajstić information content (AvgIpc) is 2.49. The smallest absolute Gasteiger partial charge is 0.0876 e. The number of rotatable bonds is 2. The van der Waals surface area contributed by atoms with Crippen LogP contribution in [0.2, 0.25) is 0 Å². The van der Waals surface area contributed by atoms with Crippen molar-refractivity contribution in [3.63, 3.8) is 0 Å². The van der Waals surface area contributed by atoms with Crippen molar-refractivity contribution < 1.29 is 5.11 Å². The molecule has 3 rings (SSSR count). The lowest BCUT2D eigenvalue weighted by Gasteiger charge is -2.29. The van der Waals surface area contributed by atoms with Gasteiger partial charge in [0.05, 0.1) is 6.10 Å². The molecule has 1 heterocycles. The number of aliphatic hydroxyl groups is 1. The predicted octanol–water partition coefficient (Wildman–Crippen LogP) is 4.16. The first-order valence-corrected chi connectivity index (χ1v) is 7.77. The summed E-state index contributed by atoms with van der Waals surface area (Å²) in [6.45, 7) is 6.32. The summed E-state index contributed by atoms with van der Waals surface area (Å²) in [6, 6.07) is 8.46. The third-order valence-corrected chi connectivity index (χ3v) is 4.82. The molecule has 2 nitrogen and oxygen atoms in total. The molecule has 0 amide bonds. The molecule has 1 aromatic carbocycles. The summed E-state index contributed by atoms with van der Waals surface area (Å²) in [5, 5.41) is 10.9. The van der Waals surface area contributed by atoms with Gasteiger partial charge in [0, 0.05) is 17.8 Å². The second-order valence-corrected chi connectivity index (χ2v) is 6.28. The lowest BCUT2D eigenvalue weighted by Crippen LogP contribution is -2.19. The standard InChI is InChI=1S/C19H23NO/c1-12-10-14(3)17(11-13(12)2)19(21)16-8-4-6-15-7-5-9-20-18(15)16/h5,7,9-11,16,19,21H,4,6,8H2,1-3H3. The Morgan fingerprint density at radius 2 is 1.90 bits per heavy atom. The number of nitrogens with zero attached hydrogens (tertiary/aromatic N) is 1. The average molecular weight is 281 g/mol. The van der Waals surface area contributed by atoms with E-state index in [1.54, 1.807) is 0 Å². The van der Waals surface area contributed by atoms with E-state index in [1.807, 2.05) is 12.3 Å². The van der Waals surface area contributed by atoms with E-state index in [2.05, 4.69) is 44.0 Å². The van der Waals surface area contributed by atoms with Crippen LogP contribution < -0.4 is 0 Å². The number of hydrogen-bond acceptors (Lipinski definition) is 2. The first-order chi connectivity index (χ1) is 10.1. The highest BCUT2D eigenvalue weighted by Crippen LogP contribution is 2.40. The Bertz CT molecular complexity index is 663. The molecule has 0 radical (unpaired) electrons. The summed E-state index contributed by atoms with van der Waals surface area (Å²) in [5.74, 6) is 0.121. The number of aliphatic hydroxyl groups excluding tert-OH is 1. The molecule has 1 aliphatic carbocycles. The highest BCUT2D eigenvalue weighted by molar-refractivity contribution is 5.40. The zero-order valence-corrected chi connectivity index (χ0v) is 13.1. The second-order valence-electron chi connectivity index (χ2n) is 6.28. The van der Waals surface area contributed by atoms with Crippen LogP contribution in [-0.4, -0.2) is 10.1 Å². The summed E-state index contributed by atoms with van der Waals surface area (Å²) >= 11 is 0. The Kier molecular flexibility index (Phi) is 3.81. The van der Waals surface area contributed by atoms with Crippen LogP contribution in [-0.2, 0) is 6.42 Å². The lowest BCUT2D eigenvalue weighted by atomic mass is 9.79. The molecule has 110 valence electrons. The minimum absolute atomic E-state index is 0.121. The molecule has 0 aliphatic heterocycles. The van der Waals surface area contributed by atoms with Crippen molar-refractivity contribution in [2.75, 3.05) is 0 Å². The van der Waals surface area contributed by atoms with Gasteiger partial charge in [-0.25, -0.2) is 0 Å². The SMILES string of the molecule is Cc1cc(C)c(C(O)C2CCCc3cccnc32)cc1C. The van der Waals surface area contributed by atoms with Crippen LogP contribution in [0.5, 0.6) is 0 Å². The summed E-state index contributed by atoms with van der Waals surface area (Å²) in [4.78, 5) is 4.56. The molecular formula is C19H23NO. The van der Waals surface area contributed by atoms with Gasteiger partial charge in [0.15, 0.2) is 0 Å². The number of aromatic nitrogens is 1. The molecule has 2 heteroatoms. The molecule has 0 saturated carbocycles. The van der Waals surface area contributed by atoms with Gasteiger partial charge in [0.2, 0.25) is 0 Å². The largest absolute Gasteiger partial charge is 0.388 e. The Morgan fingerprint density at radius 1 is 1.14 bits per heavy atom. The van der Waals surface area contributed by atoms with E-state index in [1.165, 1.54) is 22.3 Å². The molecule has 1 aromatic heterocycles. The molecule has 0 spiro atoms. The van der Waals surface area contributed by atoms with Gasteiger partial charge in [0.25, 0.3) is 0 Å². The fourth-order valence-electron chi connectivity index (χ4n) is 3.47. The third-order valence-electron chi connectivity index (χ3n) is 4.82. The summed E-state index contributed by atoms with van der Waals surface area (Å²) < 4.78 is 0. The highest BCUT2D eigenvalue weighted by atomic mass is 16.3. The van der Waals surface area contributed by atoms with Crippen LogP contribution in [0.25, 0.3) is 0 Å². The number of fused-ring (bicyclic) bond motifs is 1. The summed E-state index contributed by atoms with van der Waals surface area (Å²) in [7, 11) is 0. The Morgan fingerprint density at radius 3 is 2.71 bits per heavy atom. The van der Waals surface area contributed by atoms with Crippen LogP contribution in [0.15, 0.2) is 30.5 Å². The molecule has 21 heavy (non-hydrogen) atoms. The van der Waals surface area contributed by atoms with Crippen LogP contribution >= 0.6 is 0 Å². The molecule has 2 atom stereocenters. The van der Waals surface area contributed by atoms with E-state index in [0.29, 0.717) is 0 Å². The van der Waals surface area contributed by atoms with Crippen molar-refractivity contribution >= 4 is 0 Å². The quantitative estimate of drug-likeness (QED) is 0.896. The van der Waals surface area contributed by atoms with E-state index in [-0.39, 0.29) is 5.92 Å². The predicted molar refractivity (Wildman–Crippen MR) is 85.5 cm³/mol. The fraction of sp³-hybridized carbons (Fsp3) is 0.421. The van der Waals surface area contributed by atoms with Crippen molar-refractivity contribution in [1.82, 2.24) is 4.98 Å². The maximum atomic E-state index is 10.9. The van der Waals surface area contributed by atoms with Gasteiger partial charge in [-0.05, 0) is 73.9 Å². The van der Waals surface area contributed by atoms with Crippen LogP contribution in [0.4, 0.5) is 0 Å². The van der Waals surface area contributed by atoms with Crippen molar-refractivity contribution in [3.8, 4) is 0 Å². The third kappa shape index (κ3) is 2.60. The normalized spacial score (nSPS) is 19.1. The highest BCUT2D eigenvalue weighted by Gasteiger charge is 2.29. The minimum Gasteiger partial charge on any atom is -0.388 e. The zero-order valence-electron chi connectivity index (χ0n) is 13.1. The van der Waals surface area contributed by atoms with Crippen LogP contribution in [0, 0.1) is 20.8 Å². The fourth-order valence-corrected chi connectivity index (χ4v) is 3.47. The molecule has 1 aliphatic rings. The van der Waals surface area contributed by atoms with Gasteiger partial charge < -0.3 is 5.11 Å². The zero-order chi connectivity index (χ0) is 15.0. The summed E-state index contributed by atoms with van der Waals surface area (Å²) in [5.41, 5.74) is 7.15. The summed E-state index contributed by atoms with van der Waals surface area (Å²) in [6.07, 6.45) is 4.61. The van der Waals surface area contributed by atoms with E-state index in [0.717, 1.165) is 30.5 Å². The van der Waals surface area contributed by atoms with E-state index >= 15 is 0 Å². The lowest BCUT2D eigenvalue weighted by molar-refractivity contribution is 0.133. The Balaban J connectivity index is 2.00. The van der Waals surface area contributed by atoms with Crippen LogP contribution in [0.3, 0.4) is 0 Å². The monoisotopic (exact) mass is 281 g/mol. The van der Waals surface area contributed by atoms with E-state index < -0.39 is 6.10 Å². The van der Waals surface area contributed by atoms with E-state index in [4.69, 9.17) is 0 Å². The topological polar surface area (TPSA) is 33.1 Å².